The average molecular weight is 341 g/mol. The van der Waals surface area contributed by atoms with Crippen LogP contribution < -0.4 is 10.2 Å². The van der Waals surface area contributed by atoms with E-state index >= 15 is 0 Å². The van der Waals surface area contributed by atoms with Crippen molar-refractivity contribution >= 4 is 35.1 Å². The van der Waals surface area contributed by atoms with Gasteiger partial charge in [-0.05, 0) is 43.2 Å². The quantitative estimate of drug-likeness (QED) is 0.917. The van der Waals surface area contributed by atoms with Crippen molar-refractivity contribution in [3.8, 4) is 0 Å². The van der Waals surface area contributed by atoms with Gasteiger partial charge in [-0.15, -0.1) is 0 Å². The second-order valence-corrected chi connectivity index (χ2v) is 7.54. The van der Waals surface area contributed by atoms with E-state index in [-0.39, 0.29) is 10.8 Å². The Morgan fingerprint density at radius 3 is 2.95 bits per heavy atom. The van der Waals surface area contributed by atoms with Crippen LogP contribution in [0.25, 0.3) is 0 Å². The molecule has 0 unspecified atom stereocenters. The second-order valence-electron chi connectivity index (χ2n) is 5.83. The molecule has 120 valence electrons. The predicted octanol–water partition coefficient (Wildman–Crippen LogP) is 3.32. The van der Waals surface area contributed by atoms with Crippen LogP contribution in [-0.2, 0) is 11.2 Å². The minimum absolute atomic E-state index is 0.0269. The molecule has 2 amide bonds. The number of carbonyl (C=O) groups excluding carboxylic acids is 1. The van der Waals surface area contributed by atoms with Crippen molar-refractivity contribution in [3.05, 3.63) is 28.8 Å². The van der Waals surface area contributed by atoms with Gasteiger partial charge in [-0.3, -0.25) is 4.90 Å². The van der Waals surface area contributed by atoms with Gasteiger partial charge in [0.1, 0.15) is 0 Å². The fourth-order valence-electron chi connectivity index (χ4n) is 3.09. The molecular weight excluding hydrogens is 320 g/mol. The molecule has 0 spiro atoms. The Balaban J connectivity index is 1.65. The highest BCUT2D eigenvalue weighted by Crippen LogP contribution is 2.34. The van der Waals surface area contributed by atoms with Crippen LogP contribution >= 0.6 is 23.4 Å². The van der Waals surface area contributed by atoms with Gasteiger partial charge < -0.3 is 10.1 Å². The summed E-state index contributed by atoms with van der Waals surface area (Å²) in [5, 5.41) is 3.78. The second kappa shape index (κ2) is 6.69. The van der Waals surface area contributed by atoms with Crippen molar-refractivity contribution in [2.24, 2.45) is 0 Å². The molecule has 0 aliphatic carbocycles. The third-order valence-electron chi connectivity index (χ3n) is 4.59. The number of ether oxygens (including phenoxy) is 1. The van der Waals surface area contributed by atoms with Crippen LogP contribution in [0.3, 0.4) is 0 Å². The van der Waals surface area contributed by atoms with Crippen molar-refractivity contribution in [1.29, 1.82) is 0 Å². The van der Waals surface area contributed by atoms with E-state index in [2.05, 4.69) is 11.6 Å². The molecule has 1 saturated heterocycles. The topological polar surface area (TPSA) is 41.6 Å². The third-order valence-corrected chi connectivity index (χ3v) is 6.24. The average Bonchev–Trinajstić information content (AvgIpc) is 2.96. The number of urea groups is 1. The molecular formula is C16H21ClN2O2S. The van der Waals surface area contributed by atoms with E-state index in [9.17, 15) is 4.79 Å². The molecule has 2 aliphatic rings. The van der Waals surface area contributed by atoms with Crippen LogP contribution in [0.1, 0.15) is 18.4 Å². The number of hydrogen-bond donors (Lipinski definition) is 1. The van der Waals surface area contributed by atoms with E-state index < -0.39 is 0 Å². The first-order chi connectivity index (χ1) is 10.6. The molecule has 0 bridgehead atoms. The van der Waals surface area contributed by atoms with Gasteiger partial charge >= 0.3 is 6.03 Å². The highest BCUT2D eigenvalue weighted by molar-refractivity contribution is 8.00. The van der Waals surface area contributed by atoms with Crippen LogP contribution in [0.2, 0.25) is 5.02 Å². The van der Waals surface area contributed by atoms with Crippen molar-refractivity contribution in [1.82, 2.24) is 5.32 Å². The summed E-state index contributed by atoms with van der Waals surface area (Å²) in [4.78, 5) is 14.4. The zero-order chi connectivity index (χ0) is 15.6. The lowest BCUT2D eigenvalue weighted by Gasteiger charge is -2.36. The summed E-state index contributed by atoms with van der Waals surface area (Å²) in [6.07, 6.45) is 4.97. The van der Waals surface area contributed by atoms with E-state index in [1.807, 2.05) is 30.0 Å². The van der Waals surface area contributed by atoms with Crippen LogP contribution in [-0.4, -0.2) is 43.3 Å². The zero-order valence-electron chi connectivity index (χ0n) is 12.7. The first-order valence-corrected chi connectivity index (χ1v) is 9.20. The lowest BCUT2D eigenvalue weighted by atomic mass is 9.99. The molecule has 22 heavy (non-hydrogen) atoms. The van der Waals surface area contributed by atoms with E-state index in [4.69, 9.17) is 16.3 Å². The van der Waals surface area contributed by atoms with Gasteiger partial charge in [-0.25, -0.2) is 4.79 Å². The van der Waals surface area contributed by atoms with Gasteiger partial charge in [0.15, 0.2) is 0 Å². The number of thioether (sulfide) groups is 1. The Labute approximate surface area is 140 Å². The predicted molar refractivity (Wildman–Crippen MR) is 92.2 cm³/mol. The smallest absolute Gasteiger partial charge is 0.321 e. The number of benzene rings is 1. The number of rotatable bonds is 3. The summed E-state index contributed by atoms with van der Waals surface area (Å²) in [5.41, 5.74) is 2.13. The Morgan fingerprint density at radius 1 is 1.45 bits per heavy atom. The number of amides is 2. The summed E-state index contributed by atoms with van der Waals surface area (Å²) in [6, 6.07) is 5.74. The van der Waals surface area contributed by atoms with Crippen LogP contribution in [0, 0.1) is 0 Å². The Kier molecular flexibility index (Phi) is 4.85. The largest absolute Gasteiger partial charge is 0.381 e. The first kappa shape index (κ1) is 16.0. The van der Waals surface area contributed by atoms with E-state index in [0.29, 0.717) is 11.6 Å². The maximum atomic E-state index is 12.6. The summed E-state index contributed by atoms with van der Waals surface area (Å²) >= 11 is 7.89. The third kappa shape index (κ3) is 3.21. The maximum Gasteiger partial charge on any atom is 0.321 e. The summed E-state index contributed by atoms with van der Waals surface area (Å²) in [6.45, 7) is 2.96. The highest BCUT2D eigenvalue weighted by Gasteiger charge is 2.33. The van der Waals surface area contributed by atoms with Gasteiger partial charge in [0.2, 0.25) is 0 Å². The number of fused-ring (bicyclic) bond motifs is 1. The Bertz CT molecular complexity index is 561. The summed E-state index contributed by atoms with van der Waals surface area (Å²) in [5.74, 6) is 0. The number of halogens is 1. The van der Waals surface area contributed by atoms with Crippen molar-refractivity contribution < 1.29 is 9.53 Å². The standard InChI is InChI=1S/C16H21ClN2O2S/c1-22-16(5-8-21-9-6-16)11-18-15(20)19-7-4-12-2-3-13(17)10-14(12)19/h2-3,10H,4-9,11H2,1H3,(H,18,20). The normalized spacial score (nSPS) is 19.8. The van der Waals surface area contributed by atoms with Crippen molar-refractivity contribution in [3.63, 3.8) is 0 Å². The number of nitrogens with zero attached hydrogens (tertiary/aromatic N) is 1. The first-order valence-electron chi connectivity index (χ1n) is 7.60. The lowest BCUT2D eigenvalue weighted by Crippen LogP contribution is -2.48. The molecule has 0 saturated carbocycles. The number of nitrogens with one attached hydrogen (secondary N) is 1. The minimum atomic E-state index is -0.0269. The number of anilines is 1. The molecule has 1 aromatic rings. The fraction of sp³-hybridized carbons (Fsp3) is 0.562. The van der Waals surface area contributed by atoms with E-state index in [0.717, 1.165) is 44.7 Å². The molecule has 1 N–H and O–H groups in total. The monoisotopic (exact) mass is 340 g/mol. The van der Waals surface area contributed by atoms with Crippen LogP contribution in [0.5, 0.6) is 0 Å². The van der Waals surface area contributed by atoms with Crippen molar-refractivity contribution in [2.75, 3.05) is 37.5 Å². The van der Waals surface area contributed by atoms with Crippen molar-refractivity contribution in [2.45, 2.75) is 24.0 Å². The molecule has 0 aromatic heterocycles. The van der Waals surface area contributed by atoms with Gasteiger partial charge in [0.05, 0.1) is 5.69 Å². The van der Waals surface area contributed by atoms with Gasteiger partial charge in [0.25, 0.3) is 0 Å². The minimum Gasteiger partial charge on any atom is -0.381 e. The molecule has 1 fully saturated rings. The van der Waals surface area contributed by atoms with Gasteiger partial charge in [0, 0.05) is 36.1 Å². The summed E-state index contributed by atoms with van der Waals surface area (Å²) in [7, 11) is 0. The molecule has 6 heteroatoms. The Morgan fingerprint density at radius 2 is 2.23 bits per heavy atom. The van der Waals surface area contributed by atoms with Gasteiger partial charge in [-0.1, -0.05) is 17.7 Å². The van der Waals surface area contributed by atoms with Gasteiger partial charge in [-0.2, -0.15) is 11.8 Å². The summed E-state index contributed by atoms with van der Waals surface area (Å²) < 4.78 is 5.54. The lowest BCUT2D eigenvalue weighted by molar-refractivity contribution is 0.0778. The molecule has 1 aromatic carbocycles. The van der Waals surface area contributed by atoms with E-state index in [1.54, 1.807) is 4.90 Å². The molecule has 3 rings (SSSR count). The van der Waals surface area contributed by atoms with Crippen LogP contribution in [0.15, 0.2) is 18.2 Å². The maximum absolute atomic E-state index is 12.6. The fourth-order valence-corrected chi connectivity index (χ4v) is 4.05. The SMILES string of the molecule is CSC1(CNC(=O)N2CCc3ccc(Cl)cc32)CCOCC1. The van der Waals surface area contributed by atoms with Crippen LogP contribution in [0.4, 0.5) is 10.5 Å². The molecule has 2 heterocycles. The number of carbonyl (C=O) groups is 1. The highest BCUT2D eigenvalue weighted by atomic mass is 35.5. The molecule has 0 radical (unpaired) electrons. The zero-order valence-corrected chi connectivity index (χ0v) is 14.3. The Hall–Kier alpha value is -0.910. The molecule has 4 nitrogen and oxygen atoms in total. The number of hydrogen-bond acceptors (Lipinski definition) is 3. The molecule has 2 aliphatic heterocycles. The molecule has 0 atom stereocenters. The van der Waals surface area contributed by atoms with E-state index in [1.165, 1.54) is 5.56 Å².